The van der Waals surface area contributed by atoms with Gasteiger partial charge in [0.15, 0.2) is 0 Å². The number of halogens is 1. The molecule has 98 valence electrons. The van der Waals surface area contributed by atoms with E-state index in [9.17, 15) is 4.79 Å². The summed E-state index contributed by atoms with van der Waals surface area (Å²) in [6.45, 7) is 1.00. The maximum atomic E-state index is 11.7. The largest absolute Gasteiger partial charge is 0.325 e. The molecule has 0 aromatic heterocycles. The highest BCUT2D eigenvalue weighted by Gasteiger charge is 2.01. The topological polar surface area (TPSA) is 41.1 Å². The van der Waals surface area contributed by atoms with E-state index in [-0.39, 0.29) is 5.91 Å². The summed E-state index contributed by atoms with van der Waals surface area (Å²) < 4.78 is 1.15. The van der Waals surface area contributed by atoms with Crippen molar-refractivity contribution in [3.05, 3.63) is 63.7 Å². The summed E-state index contributed by atoms with van der Waals surface area (Å²) >= 11 is 2.23. The molecule has 4 heteroatoms. The Balaban J connectivity index is 1.74. The molecule has 2 aromatic rings. The van der Waals surface area contributed by atoms with Crippen LogP contribution in [0, 0.1) is 3.57 Å². The van der Waals surface area contributed by atoms with E-state index in [4.69, 9.17) is 0 Å². The predicted molar refractivity (Wildman–Crippen MR) is 85.9 cm³/mol. The van der Waals surface area contributed by atoms with Crippen LogP contribution in [0.1, 0.15) is 5.56 Å². The van der Waals surface area contributed by atoms with Gasteiger partial charge in [-0.2, -0.15) is 0 Å². The molecule has 0 unspecified atom stereocenters. The highest BCUT2D eigenvalue weighted by atomic mass is 127. The van der Waals surface area contributed by atoms with E-state index >= 15 is 0 Å². The van der Waals surface area contributed by atoms with E-state index in [0.717, 1.165) is 9.26 Å². The average molecular weight is 366 g/mol. The Kier molecular flexibility index (Phi) is 5.35. The molecule has 1 amide bonds. The van der Waals surface area contributed by atoms with Crippen molar-refractivity contribution in [2.45, 2.75) is 6.54 Å². The first-order valence-electron chi connectivity index (χ1n) is 6.04. The second kappa shape index (κ2) is 7.25. The minimum atomic E-state index is -0.0304. The summed E-state index contributed by atoms with van der Waals surface area (Å²) in [5.74, 6) is -0.0304. The summed E-state index contributed by atoms with van der Waals surface area (Å²) in [7, 11) is 0. The molecular formula is C15H15IN2O. The van der Waals surface area contributed by atoms with Crippen molar-refractivity contribution in [2.75, 3.05) is 11.9 Å². The summed E-state index contributed by atoms with van der Waals surface area (Å²) in [4.78, 5) is 11.7. The molecule has 0 saturated carbocycles. The molecule has 0 saturated heterocycles. The van der Waals surface area contributed by atoms with Gasteiger partial charge in [0.1, 0.15) is 0 Å². The van der Waals surface area contributed by atoms with Crippen molar-refractivity contribution < 1.29 is 4.79 Å². The van der Waals surface area contributed by atoms with Gasteiger partial charge in [0, 0.05) is 15.8 Å². The fourth-order valence-electron chi connectivity index (χ4n) is 1.65. The molecule has 0 aliphatic rings. The lowest BCUT2D eigenvalue weighted by atomic mass is 10.2. The fourth-order valence-corrected chi connectivity index (χ4v) is 2.01. The third-order valence-electron chi connectivity index (χ3n) is 2.59. The first kappa shape index (κ1) is 14.0. The van der Waals surface area contributed by atoms with E-state index in [1.165, 1.54) is 5.56 Å². The second-order valence-electron chi connectivity index (χ2n) is 4.14. The highest BCUT2D eigenvalue weighted by Crippen LogP contribution is 2.10. The molecule has 0 spiro atoms. The molecule has 19 heavy (non-hydrogen) atoms. The number of anilines is 1. The fraction of sp³-hybridized carbons (Fsp3) is 0.133. The monoisotopic (exact) mass is 366 g/mol. The Morgan fingerprint density at radius 1 is 1.00 bits per heavy atom. The van der Waals surface area contributed by atoms with Crippen molar-refractivity contribution in [2.24, 2.45) is 0 Å². The first-order valence-corrected chi connectivity index (χ1v) is 7.12. The van der Waals surface area contributed by atoms with Crippen molar-refractivity contribution in [3.63, 3.8) is 0 Å². The summed E-state index contributed by atoms with van der Waals surface area (Å²) in [6, 6.07) is 17.8. The lowest BCUT2D eigenvalue weighted by molar-refractivity contribution is -0.115. The molecule has 0 fully saturated rings. The SMILES string of the molecule is O=C(CNCc1ccccc1)Nc1ccc(I)cc1. The van der Waals surface area contributed by atoms with Gasteiger partial charge >= 0.3 is 0 Å². The van der Waals surface area contributed by atoms with Gasteiger partial charge in [-0.3, -0.25) is 4.79 Å². The molecule has 0 bridgehead atoms. The van der Waals surface area contributed by atoms with Gasteiger partial charge in [0.05, 0.1) is 6.54 Å². The van der Waals surface area contributed by atoms with Gasteiger partial charge in [-0.1, -0.05) is 30.3 Å². The molecular weight excluding hydrogens is 351 g/mol. The second-order valence-corrected chi connectivity index (χ2v) is 5.39. The molecule has 0 atom stereocenters. The molecule has 2 N–H and O–H groups in total. The van der Waals surface area contributed by atoms with E-state index in [2.05, 4.69) is 33.2 Å². The Morgan fingerprint density at radius 3 is 2.37 bits per heavy atom. The molecule has 2 rings (SSSR count). The minimum absolute atomic E-state index is 0.0304. The van der Waals surface area contributed by atoms with Crippen LogP contribution >= 0.6 is 22.6 Å². The maximum Gasteiger partial charge on any atom is 0.238 e. The lowest BCUT2D eigenvalue weighted by Crippen LogP contribution is -2.27. The van der Waals surface area contributed by atoms with E-state index in [1.807, 2.05) is 54.6 Å². The number of hydrogen-bond donors (Lipinski definition) is 2. The third kappa shape index (κ3) is 5.00. The predicted octanol–water partition coefficient (Wildman–Crippen LogP) is 3.02. The Morgan fingerprint density at radius 2 is 1.68 bits per heavy atom. The number of nitrogens with one attached hydrogen (secondary N) is 2. The number of rotatable bonds is 5. The van der Waals surface area contributed by atoms with Crippen LogP contribution < -0.4 is 10.6 Å². The number of carbonyl (C=O) groups excluding carboxylic acids is 1. The van der Waals surface area contributed by atoms with Crippen molar-refractivity contribution in [3.8, 4) is 0 Å². The smallest absolute Gasteiger partial charge is 0.238 e. The van der Waals surface area contributed by atoms with Crippen LogP contribution in [0.5, 0.6) is 0 Å². The van der Waals surface area contributed by atoms with Crippen LogP contribution in [0.2, 0.25) is 0 Å². The molecule has 3 nitrogen and oxygen atoms in total. The zero-order chi connectivity index (χ0) is 13.5. The molecule has 0 aliphatic carbocycles. The number of carbonyl (C=O) groups is 1. The van der Waals surface area contributed by atoms with Gasteiger partial charge in [0.25, 0.3) is 0 Å². The van der Waals surface area contributed by atoms with Gasteiger partial charge in [0.2, 0.25) is 5.91 Å². The molecule has 0 radical (unpaired) electrons. The Labute approximate surface area is 126 Å². The summed E-state index contributed by atoms with van der Waals surface area (Å²) in [5, 5.41) is 5.97. The number of benzene rings is 2. The first-order chi connectivity index (χ1) is 9.24. The zero-order valence-corrected chi connectivity index (χ0v) is 12.6. The lowest BCUT2D eigenvalue weighted by Gasteiger charge is -2.07. The average Bonchev–Trinajstić information content (AvgIpc) is 2.43. The zero-order valence-electron chi connectivity index (χ0n) is 10.4. The number of hydrogen-bond acceptors (Lipinski definition) is 2. The van der Waals surface area contributed by atoms with Crippen LogP contribution in [-0.2, 0) is 11.3 Å². The van der Waals surface area contributed by atoms with Crippen LogP contribution in [-0.4, -0.2) is 12.5 Å². The highest BCUT2D eigenvalue weighted by molar-refractivity contribution is 14.1. The van der Waals surface area contributed by atoms with Gasteiger partial charge < -0.3 is 10.6 Å². The quantitative estimate of drug-likeness (QED) is 0.799. The standard InChI is InChI=1S/C15H15IN2O/c16-13-6-8-14(9-7-13)18-15(19)11-17-10-12-4-2-1-3-5-12/h1-9,17H,10-11H2,(H,18,19). The van der Waals surface area contributed by atoms with E-state index in [1.54, 1.807) is 0 Å². The molecule has 0 heterocycles. The maximum absolute atomic E-state index is 11.7. The third-order valence-corrected chi connectivity index (χ3v) is 3.30. The molecule has 2 aromatic carbocycles. The molecule has 0 aliphatic heterocycles. The summed E-state index contributed by atoms with van der Waals surface area (Å²) in [5.41, 5.74) is 2.00. The van der Waals surface area contributed by atoms with E-state index < -0.39 is 0 Å². The normalized spacial score (nSPS) is 10.2. The van der Waals surface area contributed by atoms with Crippen LogP contribution in [0.15, 0.2) is 54.6 Å². The van der Waals surface area contributed by atoms with Gasteiger partial charge in [-0.05, 0) is 52.4 Å². The Hall–Kier alpha value is -1.40. The van der Waals surface area contributed by atoms with Crippen LogP contribution in [0.4, 0.5) is 5.69 Å². The minimum Gasteiger partial charge on any atom is -0.325 e. The Bertz CT molecular complexity index is 526. The van der Waals surface area contributed by atoms with Crippen molar-refractivity contribution >= 4 is 34.2 Å². The van der Waals surface area contributed by atoms with Crippen molar-refractivity contribution in [1.29, 1.82) is 0 Å². The van der Waals surface area contributed by atoms with Gasteiger partial charge in [-0.25, -0.2) is 0 Å². The number of amides is 1. The van der Waals surface area contributed by atoms with Crippen LogP contribution in [0.25, 0.3) is 0 Å². The van der Waals surface area contributed by atoms with Gasteiger partial charge in [-0.15, -0.1) is 0 Å². The summed E-state index contributed by atoms with van der Waals surface area (Å²) in [6.07, 6.45) is 0. The van der Waals surface area contributed by atoms with E-state index in [0.29, 0.717) is 13.1 Å². The van der Waals surface area contributed by atoms with Crippen LogP contribution in [0.3, 0.4) is 0 Å². The van der Waals surface area contributed by atoms with Crippen molar-refractivity contribution in [1.82, 2.24) is 5.32 Å².